The molecule has 246 valence electrons. The largest absolute Gasteiger partial charge is 0.481 e. The van der Waals surface area contributed by atoms with Crippen LogP contribution in [0.4, 0.5) is 4.79 Å². The van der Waals surface area contributed by atoms with E-state index >= 15 is 0 Å². The van der Waals surface area contributed by atoms with E-state index in [1.807, 2.05) is 6.92 Å². The fourth-order valence-electron chi connectivity index (χ4n) is 4.32. The Morgan fingerprint density at radius 1 is 0.844 bits per heavy atom. The number of hydrogen-bond donors (Lipinski definition) is 6. The topological polar surface area (TPSA) is 201 Å². The van der Waals surface area contributed by atoms with Crippen LogP contribution in [0.3, 0.4) is 0 Å². The van der Waals surface area contributed by atoms with Crippen molar-refractivity contribution < 1.29 is 48.8 Å². The molecular formula is C32H43N3O10. The Labute approximate surface area is 262 Å². The van der Waals surface area contributed by atoms with Gasteiger partial charge in [0.15, 0.2) is 6.61 Å². The maximum absolute atomic E-state index is 13.7. The van der Waals surface area contributed by atoms with Crippen LogP contribution in [0.15, 0.2) is 48.5 Å². The summed E-state index contributed by atoms with van der Waals surface area (Å²) in [5.41, 5.74) is -0.105. The number of aromatic carboxylic acids is 1. The van der Waals surface area contributed by atoms with Crippen molar-refractivity contribution in [3.05, 3.63) is 65.2 Å². The molecule has 45 heavy (non-hydrogen) atoms. The number of carboxylic acid groups (broad SMARTS) is 2. The van der Waals surface area contributed by atoms with Crippen molar-refractivity contribution >= 4 is 29.8 Å². The second kappa shape index (κ2) is 17.6. The number of amides is 3. The van der Waals surface area contributed by atoms with Crippen molar-refractivity contribution in [2.45, 2.75) is 83.5 Å². The Hall–Kier alpha value is -4.65. The van der Waals surface area contributed by atoms with E-state index < -0.39 is 60.2 Å². The van der Waals surface area contributed by atoms with Crippen LogP contribution in [0.2, 0.25) is 0 Å². The van der Waals surface area contributed by atoms with Crippen LogP contribution in [-0.4, -0.2) is 82.1 Å². The molecule has 0 aliphatic heterocycles. The summed E-state index contributed by atoms with van der Waals surface area (Å²) >= 11 is 0. The van der Waals surface area contributed by atoms with Gasteiger partial charge in [-0.05, 0) is 50.5 Å². The molecule has 2 aromatic rings. The van der Waals surface area contributed by atoms with Gasteiger partial charge in [0.25, 0.3) is 0 Å². The molecule has 0 aliphatic carbocycles. The number of aliphatic hydroxyl groups is 1. The zero-order chi connectivity index (χ0) is 33.6. The minimum absolute atomic E-state index is 0.0782. The molecule has 13 heteroatoms. The fourth-order valence-corrected chi connectivity index (χ4v) is 4.32. The summed E-state index contributed by atoms with van der Waals surface area (Å²) in [7, 11) is 0. The molecule has 0 saturated heterocycles. The van der Waals surface area contributed by atoms with E-state index in [2.05, 4.69) is 16.0 Å². The molecule has 0 radical (unpaired) electrons. The number of rotatable bonds is 17. The van der Waals surface area contributed by atoms with Crippen LogP contribution in [0.1, 0.15) is 68.4 Å². The molecule has 1 unspecified atom stereocenters. The highest BCUT2D eigenvalue weighted by Gasteiger charge is 2.30. The van der Waals surface area contributed by atoms with Crippen molar-refractivity contribution in [3.63, 3.8) is 0 Å². The Morgan fingerprint density at radius 3 is 2.04 bits per heavy atom. The van der Waals surface area contributed by atoms with E-state index in [1.165, 1.54) is 18.2 Å². The molecule has 0 bridgehead atoms. The molecule has 0 aliphatic rings. The van der Waals surface area contributed by atoms with Crippen LogP contribution >= 0.6 is 0 Å². The SMILES string of the molecule is CCCCC(CO)NC(=O)[C@H](Cc1ccc(OCC(=O)O)c(C(=O)O)c1)NC(=O)[C@H](Cc1ccccc1)NC(=O)OC(C)(C)C. The highest BCUT2D eigenvalue weighted by atomic mass is 16.6. The summed E-state index contributed by atoms with van der Waals surface area (Å²) in [5, 5.41) is 36.4. The monoisotopic (exact) mass is 629 g/mol. The summed E-state index contributed by atoms with van der Waals surface area (Å²) in [5.74, 6) is -4.17. The lowest BCUT2D eigenvalue weighted by atomic mass is 10.00. The highest BCUT2D eigenvalue weighted by molar-refractivity contribution is 5.93. The highest BCUT2D eigenvalue weighted by Crippen LogP contribution is 2.22. The van der Waals surface area contributed by atoms with Crippen molar-refractivity contribution in [2.24, 2.45) is 0 Å². The van der Waals surface area contributed by atoms with E-state index in [-0.39, 0.29) is 30.8 Å². The first-order valence-electron chi connectivity index (χ1n) is 14.7. The van der Waals surface area contributed by atoms with Crippen LogP contribution in [0, 0.1) is 0 Å². The minimum atomic E-state index is -1.38. The molecule has 3 atom stereocenters. The minimum Gasteiger partial charge on any atom is -0.481 e. The third kappa shape index (κ3) is 13.3. The summed E-state index contributed by atoms with van der Waals surface area (Å²) in [6.07, 6.45) is 1.14. The normalized spacial score (nSPS) is 13.1. The average molecular weight is 630 g/mol. The number of aliphatic carboxylic acids is 1. The number of carbonyl (C=O) groups is 5. The quantitative estimate of drug-likeness (QED) is 0.151. The molecule has 13 nitrogen and oxygen atoms in total. The van der Waals surface area contributed by atoms with E-state index in [0.29, 0.717) is 12.0 Å². The van der Waals surface area contributed by atoms with Crippen molar-refractivity contribution in [3.8, 4) is 5.75 Å². The Kier molecular flexibility index (Phi) is 14.3. The Balaban J connectivity index is 2.41. The van der Waals surface area contributed by atoms with Crippen molar-refractivity contribution in [1.29, 1.82) is 0 Å². The van der Waals surface area contributed by atoms with Gasteiger partial charge in [0.05, 0.1) is 12.6 Å². The maximum Gasteiger partial charge on any atom is 0.408 e. The zero-order valence-corrected chi connectivity index (χ0v) is 26.0. The van der Waals surface area contributed by atoms with Gasteiger partial charge in [0.2, 0.25) is 11.8 Å². The molecule has 0 spiro atoms. The van der Waals surface area contributed by atoms with Gasteiger partial charge >= 0.3 is 18.0 Å². The molecule has 2 rings (SSSR count). The van der Waals surface area contributed by atoms with Crippen LogP contribution in [0.25, 0.3) is 0 Å². The van der Waals surface area contributed by atoms with Gasteiger partial charge in [0.1, 0.15) is 29.0 Å². The first kappa shape index (κ1) is 36.5. The summed E-state index contributed by atoms with van der Waals surface area (Å²) in [6, 6.07) is 9.91. The smallest absolute Gasteiger partial charge is 0.408 e. The summed E-state index contributed by atoms with van der Waals surface area (Å²) < 4.78 is 10.4. The van der Waals surface area contributed by atoms with Gasteiger partial charge in [-0.15, -0.1) is 0 Å². The van der Waals surface area contributed by atoms with Gasteiger partial charge < -0.3 is 40.7 Å². The third-order valence-electron chi connectivity index (χ3n) is 6.46. The van der Waals surface area contributed by atoms with E-state index in [9.17, 15) is 34.2 Å². The first-order valence-corrected chi connectivity index (χ1v) is 14.7. The van der Waals surface area contributed by atoms with Gasteiger partial charge in [-0.2, -0.15) is 0 Å². The van der Waals surface area contributed by atoms with Gasteiger partial charge in [-0.1, -0.05) is 56.2 Å². The Bertz CT molecular complexity index is 1310. The summed E-state index contributed by atoms with van der Waals surface area (Å²) in [6.45, 7) is 5.92. The van der Waals surface area contributed by atoms with Gasteiger partial charge in [-0.25, -0.2) is 14.4 Å². The molecule has 0 heterocycles. The number of unbranched alkanes of at least 4 members (excludes halogenated alkanes) is 1. The summed E-state index contributed by atoms with van der Waals surface area (Å²) in [4.78, 5) is 62.7. The number of alkyl carbamates (subject to hydrolysis) is 1. The van der Waals surface area contributed by atoms with Crippen molar-refractivity contribution in [2.75, 3.05) is 13.2 Å². The molecule has 2 aromatic carbocycles. The maximum atomic E-state index is 13.7. The number of carbonyl (C=O) groups excluding carboxylic acids is 3. The first-order chi connectivity index (χ1) is 21.2. The number of hydrogen-bond acceptors (Lipinski definition) is 8. The van der Waals surface area contributed by atoms with E-state index in [1.54, 1.807) is 51.1 Å². The standard InChI is InChI=1S/C32H43N3O10/c1-5-6-12-22(18-36)33-28(39)24(17-21-13-14-26(44-19-27(37)38)23(15-21)30(41)42)34-29(40)25(16-20-10-8-7-9-11-20)35-31(43)45-32(2,3)4/h7-11,13-15,22,24-25,36H,5-6,12,16-19H2,1-4H3,(H,33,39)(H,34,40)(H,35,43)(H,37,38)(H,41,42)/t22?,24-,25-/m0/s1. The van der Waals surface area contributed by atoms with E-state index in [4.69, 9.17) is 14.6 Å². The van der Waals surface area contributed by atoms with E-state index in [0.717, 1.165) is 18.4 Å². The zero-order valence-electron chi connectivity index (χ0n) is 26.0. The number of ether oxygens (including phenoxy) is 2. The third-order valence-corrected chi connectivity index (χ3v) is 6.46. The number of benzene rings is 2. The Morgan fingerprint density at radius 2 is 1.47 bits per heavy atom. The van der Waals surface area contributed by atoms with Gasteiger partial charge in [-0.3, -0.25) is 9.59 Å². The second-order valence-electron chi connectivity index (χ2n) is 11.5. The van der Waals surface area contributed by atoms with Crippen LogP contribution < -0.4 is 20.7 Å². The predicted octanol–water partition coefficient (Wildman–Crippen LogP) is 2.68. The fraction of sp³-hybridized carbons (Fsp3) is 0.469. The predicted molar refractivity (Wildman–Crippen MR) is 164 cm³/mol. The number of aliphatic hydroxyl groups excluding tert-OH is 1. The lowest BCUT2D eigenvalue weighted by Crippen LogP contribution is -2.56. The molecule has 3 amide bonds. The molecular weight excluding hydrogens is 586 g/mol. The number of nitrogens with one attached hydrogen (secondary N) is 3. The molecule has 6 N–H and O–H groups in total. The van der Waals surface area contributed by atoms with Crippen LogP contribution in [-0.2, 0) is 32.0 Å². The van der Waals surface area contributed by atoms with Crippen LogP contribution in [0.5, 0.6) is 5.75 Å². The molecule has 0 fully saturated rings. The lowest BCUT2D eigenvalue weighted by molar-refractivity contribution is -0.139. The number of carboxylic acids is 2. The molecule has 0 saturated carbocycles. The molecule has 0 aromatic heterocycles. The second-order valence-corrected chi connectivity index (χ2v) is 11.5. The average Bonchev–Trinajstić information content (AvgIpc) is 2.97. The van der Waals surface area contributed by atoms with Crippen molar-refractivity contribution in [1.82, 2.24) is 16.0 Å². The van der Waals surface area contributed by atoms with Gasteiger partial charge in [0, 0.05) is 12.8 Å². The lowest BCUT2D eigenvalue weighted by Gasteiger charge is -2.26.